The number of H-pyrrole nitrogens is 1. The van der Waals surface area contributed by atoms with Crippen LogP contribution in [0.1, 0.15) is 50.8 Å². The first-order chi connectivity index (χ1) is 18.6. The van der Waals surface area contributed by atoms with Crippen molar-refractivity contribution in [2.75, 3.05) is 6.54 Å². The summed E-state index contributed by atoms with van der Waals surface area (Å²) in [7, 11) is 0. The van der Waals surface area contributed by atoms with Gasteiger partial charge in [0.15, 0.2) is 0 Å². The smallest absolute Gasteiger partial charge is 0.326 e. The lowest BCUT2D eigenvalue weighted by molar-refractivity contribution is -0.142. The van der Waals surface area contributed by atoms with Crippen LogP contribution in [0.3, 0.4) is 0 Å². The molecule has 0 fully saturated rings. The summed E-state index contributed by atoms with van der Waals surface area (Å²) in [6, 6.07) is 4.97. The Labute approximate surface area is 228 Å². The van der Waals surface area contributed by atoms with Crippen molar-refractivity contribution in [2.24, 2.45) is 17.4 Å². The van der Waals surface area contributed by atoms with E-state index in [9.17, 15) is 24.3 Å². The predicted octanol–water partition coefficient (Wildman–Crippen LogP) is 0.236. The number of nitrogens with zero attached hydrogens (tertiary/aromatic N) is 1. The number of hydrogen-bond acceptors (Lipinski definition) is 7. The van der Waals surface area contributed by atoms with Crippen molar-refractivity contribution in [1.82, 2.24) is 25.9 Å². The molecule has 0 aliphatic carbocycles. The fraction of sp³-hybridized carbons (Fsp3) is 0.519. The van der Waals surface area contributed by atoms with Gasteiger partial charge in [0.25, 0.3) is 0 Å². The Balaban J connectivity index is 2.21. The highest BCUT2D eigenvalue weighted by Gasteiger charge is 2.30. The first-order valence-corrected chi connectivity index (χ1v) is 13.2. The van der Waals surface area contributed by atoms with Crippen LogP contribution in [0, 0.1) is 5.92 Å². The van der Waals surface area contributed by atoms with Gasteiger partial charge >= 0.3 is 5.97 Å². The first kappa shape index (κ1) is 31.4. The SMILES string of the molecule is CC(C)CC(N)C(=O)NC(CCCCN)C(=O)NC(Cc1ccccc1)C(=O)NC(Cc1cnc[nH]1)C(=O)O. The molecule has 2 rings (SSSR count). The molecule has 0 spiro atoms. The lowest BCUT2D eigenvalue weighted by Crippen LogP contribution is -2.58. The number of nitrogens with one attached hydrogen (secondary N) is 4. The Bertz CT molecular complexity index is 1050. The second-order valence-electron chi connectivity index (χ2n) is 10.0. The van der Waals surface area contributed by atoms with Crippen LogP contribution in [0.25, 0.3) is 0 Å². The third-order valence-corrected chi connectivity index (χ3v) is 6.15. The van der Waals surface area contributed by atoms with Crippen LogP contribution in [0.5, 0.6) is 0 Å². The zero-order valence-corrected chi connectivity index (χ0v) is 22.6. The van der Waals surface area contributed by atoms with Gasteiger partial charge < -0.3 is 37.5 Å². The number of imidazole rings is 1. The lowest BCUT2D eigenvalue weighted by atomic mass is 10.0. The van der Waals surface area contributed by atoms with Gasteiger partial charge in [-0.05, 0) is 43.7 Å². The number of benzene rings is 1. The number of rotatable bonds is 17. The molecule has 12 heteroatoms. The summed E-state index contributed by atoms with van der Waals surface area (Å²) in [5.74, 6) is -2.71. The number of carbonyl (C=O) groups is 4. The van der Waals surface area contributed by atoms with Crippen molar-refractivity contribution in [3.8, 4) is 0 Å². The lowest BCUT2D eigenvalue weighted by Gasteiger charge is -2.25. The molecule has 0 aliphatic heterocycles. The molecule has 0 aliphatic rings. The Hall–Kier alpha value is -3.77. The molecule has 214 valence electrons. The molecule has 3 amide bonds. The highest BCUT2D eigenvalue weighted by atomic mass is 16.4. The molecule has 39 heavy (non-hydrogen) atoms. The van der Waals surface area contributed by atoms with Gasteiger partial charge in [0, 0.05) is 24.7 Å². The maximum Gasteiger partial charge on any atom is 0.326 e. The number of carboxylic acid groups (broad SMARTS) is 1. The van der Waals surface area contributed by atoms with Crippen LogP contribution in [0.4, 0.5) is 0 Å². The number of nitrogens with two attached hydrogens (primary N) is 2. The summed E-state index contributed by atoms with van der Waals surface area (Å²) in [5, 5.41) is 17.7. The van der Waals surface area contributed by atoms with Gasteiger partial charge in [0.05, 0.1) is 12.4 Å². The zero-order valence-electron chi connectivity index (χ0n) is 22.6. The van der Waals surface area contributed by atoms with E-state index in [2.05, 4.69) is 25.9 Å². The minimum atomic E-state index is -1.25. The van der Waals surface area contributed by atoms with Crippen LogP contribution < -0.4 is 27.4 Å². The number of unbranched alkanes of at least 4 members (excludes halogenated alkanes) is 1. The van der Waals surface area contributed by atoms with Gasteiger partial charge in [-0.3, -0.25) is 14.4 Å². The molecule has 4 unspecified atom stereocenters. The standard InChI is InChI=1S/C27H41N7O5/c1-17(2)12-20(29)24(35)32-21(10-6-7-11-28)25(36)33-22(13-18-8-4-3-5-9-18)26(37)34-23(27(38)39)14-19-15-30-16-31-19/h3-5,8-9,15-17,20-23H,6-7,10-14,28-29H2,1-2H3,(H,30,31)(H,32,35)(H,33,36)(H,34,37)(H,38,39). The van der Waals surface area contributed by atoms with E-state index in [4.69, 9.17) is 11.5 Å². The summed E-state index contributed by atoms with van der Waals surface area (Å²) in [4.78, 5) is 58.0. The van der Waals surface area contributed by atoms with Crippen LogP contribution in [0.15, 0.2) is 42.9 Å². The molecule has 0 saturated carbocycles. The molecule has 0 bridgehead atoms. The fourth-order valence-corrected chi connectivity index (χ4v) is 4.08. The molecule has 1 heterocycles. The van der Waals surface area contributed by atoms with Gasteiger partial charge in [0.2, 0.25) is 17.7 Å². The largest absolute Gasteiger partial charge is 0.480 e. The Morgan fingerprint density at radius 3 is 2.15 bits per heavy atom. The number of aliphatic carboxylic acids is 1. The van der Waals surface area contributed by atoms with Gasteiger partial charge in [-0.1, -0.05) is 44.2 Å². The summed E-state index contributed by atoms with van der Waals surface area (Å²) in [6.45, 7) is 4.32. The van der Waals surface area contributed by atoms with E-state index >= 15 is 0 Å². The van der Waals surface area contributed by atoms with E-state index in [1.54, 1.807) is 24.3 Å². The normalized spacial score (nSPS) is 14.2. The highest BCUT2D eigenvalue weighted by molar-refractivity contribution is 5.94. The number of hydrogen-bond donors (Lipinski definition) is 7. The van der Waals surface area contributed by atoms with Crippen molar-refractivity contribution in [3.05, 3.63) is 54.1 Å². The minimum Gasteiger partial charge on any atom is -0.480 e. The molecule has 0 radical (unpaired) electrons. The number of aromatic nitrogens is 2. The van der Waals surface area contributed by atoms with Crippen LogP contribution in [0.2, 0.25) is 0 Å². The Morgan fingerprint density at radius 1 is 0.923 bits per heavy atom. The Kier molecular flexibility index (Phi) is 13.1. The molecule has 2 aromatic rings. The molecular formula is C27H41N7O5. The van der Waals surface area contributed by atoms with Gasteiger partial charge in [-0.2, -0.15) is 0 Å². The predicted molar refractivity (Wildman–Crippen MR) is 146 cm³/mol. The van der Waals surface area contributed by atoms with Crippen LogP contribution in [-0.2, 0) is 32.0 Å². The maximum atomic E-state index is 13.4. The number of amides is 3. The monoisotopic (exact) mass is 543 g/mol. The van der Waals surface area contributed by atoms with E-state index in [0.717, 1.165) is 5.56 Å². The highest BCUT2D eigenvalue weighted by Crippen LogP contribution is 2.09. The fourth-order valence-electron chi connectivity index (χ4n) is 4.08. The molecule has 9 N–H and O–H groups in total. The summed E-state index contributed by atoms with van der Waals surface area (Å²) in [5.41, 5.74) is 12.9. The van der Waals surface area contributed by atoms with Crippen LogP contribution in [-0.4, -0.2) is 69.5 Å². The average molecular weight is 544 g/mol. The van der Waals surface area contributed by atoms with E-state index in [-0.39, 0.29) is 18.8 Å². The molecular weight excluding hydrogens is 502 g/mol. The van der Waals surface area contributed by atoms with Crippen molar-refractivity contribution >= 4 is 23.7 Å². The molecule has 1 aromatic carbocycles. The molecule has 1 aromatic heterocycles. The third-order valence-electron chi connectivity index (χ3n) is 6.15. The topological polar surface area (TPSA) is 205 Å². The second kappa shape index (κ2) is 16.2. The number of carbonyl (C=O) groups excluding carboxylic acids is 3. The van der Waals surface area contributed by atoms with Crippen molar-refractivity contribution in [2.45, 2.75) is 76.5 Å². The average Bonchev–Trinajstić information content (AvgIpc) is 3.40. The van der Waals surface area contributed by atoms with Gasteiger partial charge in [0.1, 0.15) is 18.1 Å². The molecule has 12 nitrogen and oxygen atoms in total. The summed E-state index contributed by atoms with van der Waals surface area (Å²) < 4.78 is 0. The van der Waals surface area contributed by atoms with Crippen LogP contribution >= 0.6 is 0 Å². The quantitative estimate of drug-likeness (QED) is 0.137. The van der Waals surface area contributed by atoms with Crippen molar-refractivity contribution in [3.63, 3.8) is 0 Å². The number of aromatic amines is 1. The second-order valence-corrected chi connectivity index (χ2v) is 10.0. The molecule has 0 saturated heterocycles. The van der Waals surface area contributed by atoms with Gasteiger partial charge in [-0.15, -0.1) is 0 Å². The number of carboxylic acids is 1. The zero-order chi connectivity index (χ0) is 28.8. The van der Waals surface area contributed by atoms with E-state index in [1.165, 1.54) is 12.5 Å². The van der Waals surface area contributed by atoms with Gasteiger partial charge in [-0.25, -0.2) is 9.78 Å². The van der Waals surface area contributed by atoms with E-state index < -0.39 is 47.9 Å². The Morgan fingerprint density at radius 2 is 1.56 bits per heavy atom. The van der Waals surface area contributed by atoms with Crippen molar-refractivity contribution in [1.29, 1.82) is 0 Å². The minimum absolute atomic E-state index is 0.0153. The maximum absolute atomic E-state index is 13.4. The third kappa shape index (κ3) is 11.2. The van der Waals surface area contributed by atoms with E-state index in [1.807, 2.05) is 19.9 Å². The first-order valence-electron chi connectivity index (χ1n) is 13.2. The van der Waals surface area contributed by atoms with E-state index in [0.29, 0.717) is 37.9 Å². The summed E-state index contributed by atoms with van der Waals surface area (Å²) in [6.07, 6.45) is 4.98. The summed E-state index contributed by atoms with van der Waals surface area (Å²) >= 11 is 0. The van der Waals surface area contributed by atoms with Crippen molar-refractivity contribution < 1.29 is 24.3 Å². The molecule has 4 atom stereocenters.